The van der Waals surface area contributed by atoms with E-state index >= 15 is 0 Å². The fraction of sp³-hybridized carbons (Fsp3) is 0.400. The molecule has 1 aliphatic rings. The number of carbonyl (C=O) groups is 1. The van der Waals surface area contributed by atoms with Gasteiger partial charge in [-0.15, -0.1) is 11.3 Å². The van der Waals surface area contributed by atoms with E-state index < -0.39 is 6.29 Å². The van der Waals surface area contributed by atoms with Gasteiger partial charge in [-0.1, -0.05) is 6.07 Å². The zero-order valence-corrected chi connectivity index (χ0v) is 16.0. The average molecular weight is 388 g/mol. The minimum atomic E-state index is -0.534. The number of hydrogen-bond donors (Lipinski definition) is 2. The number of nitrogens with one attached hydrogen (secondary N) is 1. The van der Waals surface area contributed by atoms with Crippen molar-refractivity contribution >= 4 is 22.9 Å². The van der Waals surface area contributed by atoms with Gasteiger partial charge in [-0.2, -0.15) is 0 Å². The molecule has 3 rings (SSSR count). The summed E-state index contributed by atoms with van der Waals surface area (Å²) >= 11 is 1.64. The van der Waals surface area contributed by atoms with Crippen LogP contribution in [-0.2, 0) is 14.3 Å². The monoisotopic (exact) mass is 388 g/mol. The van der Waals surface area contributed by atoms with Crippen LogP contribution in [0.5, 0.6) is 0 Å². The van der Waals surface area contributed by atoms with Crippen LogP contribution in [0.4, 0.5) is 5.69 Å². The van der Waals surface area contributed by atoms with E-state index in [9.17, 15) is 9.90 Å². The van der Waals surface area contributed by atoms with E-state index in [0.717, 1.165) is 11.3 Å². The first-order chi connectivity index (χ1) is 13.2. The quantitative estimate of drug-likeness (QED) is 0.723. The number of amides is 1. The largest absolute Gasteiger partial charge is 0.459 e. The van der Waals surface area contributed by atoms with Gasteiger partial charge in [-0.3, -0.25) is 9.78 Å². The molecule has 0 radical (unpaired) electrons. The van der Waals surface area contributed by atoms with Gasteiger partial charge in [0.1, 0.15) is 0 Å². The summed E-state index contributed by atoms with van der Waals surface area (Å²) < 4.78 is 11.7. The zero-order chi connectivity index (χ0) is 19.1. The molecule has 0 fully saturated rings. The highest BCUT2D eigenvalue weighted by Crippen LogP contribution is 2.41. The van der Waals surface area contributed by atoms with Crippen molar-refractivity contribution in [2.45, 2.75) is 32.0 Å². The average Bonchev–Trinajstić information content (AvgIpc) is 3.22. The van der Waals surface area contributed by atoms with Gasteiger partial charge in [-0.05, 0) is 49.4 Å². The Hall–Kier alpha value is -2.22. The van der Waals surface area contributed by atoms with Gasteiger partial charge in [0, 0.05) is 36.1 Å². The number of thiophene rings is 1. The summed E-state index contributed by atoms with van der Waals surface area (Å²) in [4.78, 5) is 17.9. The highest BCUT2D eigenvalue weighted by Gasteiger charge is 2.38. The van der Waals surface area contributed by atoms with E-state index in [4.69, 9.17) is 9.47 Å². The molecule has 2 N–H and O–H groups in total. The van der Waals surface area contributed by atoms with Crippen molar-refractivity contribution in [1.29, 1.82) is 0 Å². The number of carbonyl (C=O) groups excluding carboxylic acids is 1. The Kier molecular flexibility index (Phi) is 6.98. The number of pyridine rings is 1. The molecule has 1 amide bonds. The van der Waals surface area contributed by atoms with E-state index in [1.807, 2.05) is 24.4 Å². The Morgan fingerprint density at radius 1 is 1.41 bits per heavy atom. The molecule has 3 atom stereocenters. The SMILES string of the molecule is CCO[C@@H]1OC(C(=O)Nc2cccnc2)=C[C@H](c2cccs2)[C@H]1CCCO. The molecule has 0 spiro atoms. The van der Waals surface area contributed by atoms with Crippen LogP contribution in [0.2, 0.25) is 0 Å². The molecule has 2 aromatic rings. The first kappa shape index (κ1) is 19.5. The van der Waals surface area contributed by atoms with Crippen LogP contribution in [0.15, 0.2) is 53.9 Å². The van der Waals surface area contributed by atoms with Crippen molar-refractivity contribution < 1.29 is 19.4 Å². The third-order valence-electron chi connectivity index (χ3n) is 4.43. The summed E-state index contributed by atoms with van der Waals surface area (Å²) in [5, 5.41) is 14.1. The number of aliphatic hydroxyl groups excluding tert-OH is 1. The number of allylic oxidation sites excluding steroid dienone is 1. The van der Waals surface area contributed by atoms with Crippen LogP contribution in [-0.4, -0.2) is 35.5 Å². The van der Waals surface area contributed by atoms with E-state index in [-0.39, 0.29) is 30.1 Å². The molecule has 2 aromatic heterocycles. The second-order valence-corrected chi connectivity index (χ2v) is 7.22. The normalized spacial score (nSPS) is 22.0. The number of aromatic nitrogens is 1. The molecule has 0 saturated carbocycles. The van der Waals surface area contributed by atoms with Gasteiger partial charge in [-0.25, -0.2) is 0 Å². The zero-order valence-electron chi connectivity index (χ0n) is 15.2. The smallest absolute Gasteiger partial charge is 0.290 e. The Balaban J connectivity index is 1.87. The molecular weight excluding hydrogens is 364 g/mol. The number of anilines is 1. The summed E-state index contributed by atoms with van der Waals surface area (Å²) in [6.07, 6.45) is 5.98. The molecular formula is C20H24N2O4S. The van der Waals surface area contributed by atoms with Gasteiger partial charge >= 0.3 is 0 Å². The van der Waals surface area contributed by atoms with Gasteiger partial charge in [0.2, 0.25) is 6.29 Å². The van der Waals surface area contributed by atoms with Crippen molar-refractivity contribution in [1.82, 2.24) is 4.98 Å². The molecule has 6 nitrogen and oxygen atoms in total. The van der Waals surface area contributed by atoms with E-state index in [1.165, 1.54) is 0 Å². The Labute approximate surface area is 162 Å². The van der Waals surface area contributed by atoms with E-state index in [1.54, 1.807) is 35.9 Å². The van der Waals surface area contributed by atoms with Crippen LogP contribution in [0.3, 0.4) is 0 Å². The third-order valence-corrected chi connectivity index (χ3v) is 5.40. The molecule has 0 bridgehead atoms. The summed E-state index contributed by atoms with van der Waals surface area (Å²) in [7, 11) is 0. The van der Waals surface area contributed by atoms with E-state index in [0.29, 0.717) is 18.7 Å². The lowest BCUT2D eigenvalue weighted by Crippen LogP contribution is -2.37. The van der Waals surface area contributed by atoms with Crippen LogP contribution in [0, 0.1) is 5.92 Å². The highest BCUT2D eigenvalue weighted by atomic mass is 32.1. The van der Waals surface area contributed by atoms with Gasteiger partial charge in [0.15, 0.2) is 5.76 Å². The van der Waals surface area contributed by atoms with Crippen molar-refractivity contribution in [3.05, 3.63) is 58.8 Å². The molecule has 27 heavy (non-hydrogen) atoms. The summed E-state index contributed by atoms with van der Waals surface area (Å²) in [6, 6.07) is 7.59. The minimum Gasteiger partial charge on any atom is -0.459 e. The number of ether oxygens (including phenoxy) is 2. The second kappa shape index (κ2) is 9.64. The molecule has 0 unspecified atom stereocenters. The number of aliphatic hydroxyl groups is 1. The van der Waals surface area contributed by atoms with Crippen LogP contribution < -0.4 is 5.32 Å². The maximum atomic E-state index is 12.7. The first-order valence-corrected chi connectivity index (χ1v) is 9.96. The predicted molar refractivity (Wildman–Crippen MR) is 104 cm³/mol. The first-order valence-electron chi connectivity index (χ1n) is 9.08. The Bertz CT molecular complexity index is 749. The molecule has 0 aliphatic carbocycles. The number of hydrogen-bond acceptors (Lipinski definition) is 6. The maximum Gasteiger partial charge on any atom is 0.290 e. The lowest BCUT2D eigenvalue weighted by molar-refractivity contribution is -0.164. The minimum absolute atomic E-state index is 0.00324. The van der Waals surface area contributed by atoms with Crippen molar-refractivity contribution in [2.24, 2.45) is 5.92 Å². The molecule has 0 saturated heterocycles. The van der Waals surface area contributed by atoms with Crippen LogP contribution >= 0.6 is 11.3 Å². The van der Waals surface area contributed by atoms with E-state index in [2.05, 4.69) is 16.4 Å². The van der Waals surface area contributed by atoms with Crippen molar-refractivity contribution in [3.8, 4) is 0 Å². The molecule has 0 aromatic carbocycles. The lowest BCUT2D eigenvalue weighted by Gasteiger charge is -2.36. The molecule has 3 heterocycles. The lowest BCUT2D eigenvalue weighted by atomic mass is 9.84. The fourth-order valence-corrected chi connectivity index (χ4v) is 4.08. The fourth-order valence-electron chi connectivity index (χ4n) is 3.20. The van der Waals surface area contributed by atoms with Gasteiger partial charge in [0.25, 0.3) is 5.91 Å². The van der Waals surface area contributed by atoms with Crippen LogP contribution in [0.1, 0.15) is 30.6 Å². The van der Waals surface area contributed by atoms with Crippen molar-refractivity contribution in [3.63, 3.8) is 0 Å². The van der Waals surface area contributed by atoms with Crippen molar-refractivity contribution in [2.75, 3.05) is 18.5 Å². The predicted octanol–water partition coefficient (Wildman–Crippen LogP) is 3.53. The molecule has 1 aliphatic heterocycles. The highest BCUT2D eigenvalue weighted by molar-refractivity contribution is 7.10. The maximum absolute atomic E-state index is 12.7. The number of rotatable bonds is 8. The Morgan fingerprint density at radius 2 is 2.30 bits per heavy atom. The topological polar surface area (TPSA) is 80.7 Å². The van der Waals surface area contributed by atoms with Gasteiger partial charge in [0.05, 0.1) is 11.9 Å². The number of nitrogens with zero attached hydrogens (tertiary/aromatic N) is 1. The third kappa shape index (κ3) is 4.94. The molecule has 7 heteroatoms. The molecule has 144 valence electrons. The van der Waals surface area contributed by atoms with Gasteiger partial charge < -0.3 is 19.9 Å². The standard InChI is InChI=1S/C20H24N2O4S/c1-2-25-20-15(7-4-10-23)16(18-8-5-11-27-18)12-17(26-20)19(24)22-14-6-3-9-21-13-14/h3,5-6,8-9,11-13,15-16,20,23H,2,4,7,10H2,1H3,(H,22,24)/t15-,16+,20-/m1/s1. The second-order valence-electron chi connectivity index (χ2n) is 6.24. The summed E-state index contributed by atoms with van der Waals surface area (Å²) in [6.45, 7) is 2.50. The van der Waals surface area contributed by atoms with Crippen LogP contribution in [0.25, 0.3) is 0 Å². The summed E-state index contributed by atoms with van der Waals surface area (Å²) in [5.41, 5.74) is 0.607. The Morgan fingerprint density at radius 3 is 2.96 bits per heavy atom. The summed E-state index contributed by atoms with van der Waals surface area (Å²) in [5.74, 6) is -0.0481.